The van der Waals surface area contributed by atoms with Crippen molar-refractivity contribution < 1.29 is 47.7 Å². The second kappa shape index (κ2) is 62.6. The Bertz CT molecular complexity index is 1670. The molecule has 13 nitrogen and oxygen atoms in total. The Labute approximate surface area is 529 Å². The molecule has 0 aliphatic carbocycles. The highest BCUT2D eigenvalue weighted by Gasteiger charge is 2.21. The van der Waals surface area contributed by atoms with Crippen molar-refractivity contribution in [2.24, 2.45) is 0 Å². The number of ether oxygens (including phenoxy) is 4. The van der Waals surface area contributed by atoms with Crippen molar-refractivity contribution >= 4 is 57.9 Å². The predicted molar refractivity (Wildman–Crippen MR) is 360 cm³/mol. The Morgan fingerprint density at radius 3 is 1.01 bits per heavy atom. The Kier molecular flexibility index (Phi) is 60.3. The van der Waals surface area contributed by atoms with Gasteiger partial charge in [0, 0.05) is 69.9 Å². The third-order valence-electron chi connectivity index (χ3n) is 15.4. The average molecular weight is 1240 g/mol. The monoisotopic (exact) mass is 1240 g/mol. The first-order chi connectivity index (χ1) is 41.4. The van der Waals surface area contributed by atoms with E-state index in [4.69, 9.17) is 18.9 Å². The second-order valence-corrected chi connectivity index (χ2v) is 25.9. The Balaban J connectivity index is 5.31. The number of esters is 4. The molecule has 0 heterocycles. The van der Waals surface area contributed by atoms with Gasteiger partial charge >= 0.3 is 23.9 Å². The van der Waals surface area contributed by atoms with Crippen LogP contribution in [-0.4, -0.2) is 133 Å². The summed E-state index contributed by atoms with van der Waals surface area (Å²) in [6.45, 7) is 14.1. The molecule has 0 radical (unpaired) electrons. The van der Waals surface area contributed by atoms with Crippen molar-refractivity contribution in [3.8, 4) is 0 Å². The topological polar surface area (TPSA) is 149 Å². The van der Waals surface area contributed by atoms with Crippen LogP contribution in [0, 0.1) is 0 Å². The van der Waals surface area contributed by atoms with E-state index in [9.17, 15) is 28.8 Å². The maximum Gasteiger partial charge on any atom is 0.306 e. The molecule has 2 unspecified atom stereocenters. The number of unbranched alkanes of at least 4 members (excludes halogenated alkanes) is 24. The molecule has 0 bridgehead atoms. The molecule has 0 aromatic heterocycles. The molecule has 2 amide bonds. The number of hydrogen-bond acceptors (Lipinski definition) is 13. The maximum atomic E-state index is 13.7. The molecule has 0 rings (SSSR count). The summed E-state index contributed by atoms with van der Waals surface area (Å²) in [6.07, 6.45) is 48.3. The van der Waals surface area contributed by atoms with Gasteiger partial charge in [-0.15, -0.1) is 0 Å². The molecule has 0 aliphatic heterocycles. The van der Waals surface area contributed by atoms with Crippen LogP contribution in [0.1, 0.15) is 304 Å². The average Bonchev–Trinajstić information content (AvgIpc) is 3.52. The number of nitrogens with zero attached hydrogens (tertiary/aromatic N) is 3. The third kappa shape index (κ3) is 56.0. The fourth-order valence-electron chi connectivity index (χ4n) is 10.0. The lowest BCUT2D eigenvalue weighted by Gasteiger charge is -2.23. The summed E-state index contributed by atoms with van der Waals surface area (Å²) >= 11 is 2.60. The Morgan fingerprint density at radius 1 is 0.341 bits per heavy atom. The first kappa shape index (κ1) is 82.0. The molecule has 0 N–H and O–H groups in total. The van der Waals surface area contributed by atoms with Crippen molar-refractivity contribution in [1.29, 1.82) is 0 Å². The number of hydrogen-bond donors (Lipinski definition) is 0. The van der Waals surface area contributed by atoms with Gasteiger partial charge in [0.25, 0.3) is 10.5 Å². The molecule has 496 valence electrons. The van der Waals surface area contributed by atoms with Gasteiger partial charge in [0.05, 0.1) is 0 Å². The van der Waals surface area contributed by atoms with E-state index in [0.29, 0.717) is 63.4 Å². The lowest BCUT2D eigenvalue weighted by atomic mass is 10.0. The lowest BCUT2D eigenvalue weighted by molar-refractivity contribution is -0.151. The first-order valence-corrected chi connectivity index (χ1v) is 36.9. The molecule has 85 heavy (non-hydrogen) atoms. The van der Waals surface area contributed by atoms with E-state index >= 15 is 0 Å². The largest absolute Gasteiger partial charge is 0.462 e. The molecule has 0 spiro atoms. The van der Waals surface area contributed by atoms with E-state index in [0.717, 1.165) is 129 Å². The molecular formula is C70H129N3O10S2. The number of allylic oxidation sites excluding steroid dienone is 2. The molecule has 0 aliphatic rings. The molecule has 0 saturated heterocycles. The zero-order valence-electron chi connectivity index (χ0n) is 55.8. The standard InChI is InChI=1S/C70H129N3O10S2/c1-8-13-18-23-26-32-39-59-80-65(74)50-42-54-72(56-44-52-68(77)83-64(47-36-29-21-16-11-4)48-37-30-25-20-15-10-3)69(78)84-61-41-34-28-31-38-49-63(46-35-22-17-12-5)82-67(76)53-45-57-73(70(79)85-62-58-71(6)7)55-43-51-66(75)81-60-40-33-27-24-19-14-9-2/h32-33,39-40,63-64H,8-31,34-38,41-62H2,1-7H3/b39-32-,40-33-. The van der Waals surface area contributed by atoms with Crippen LogP contribution in [0.4, 0.5) is 9.59 Å². The van der Waals surface area contributed by atoms with Crippen LogP contribution in [-0.2, 0) is 38.1 Å². The highest BCUT2D eigenvalue weighted by Crippen LogP contribution is 2.22. The predicted octanol–water partition coefficient (Wildman–Crippen LogP) is 19.4. The molecule has 0 saturated carbocycles. The van der Waals surface area contributed by atoms with Crippen LogP contribution in [0.25, 0.3) is 0 Å². The van der Waals surface area contributed by atoms with E-state index in [1.54, 1.807) is 4.90 Å². The van der Waals surface area contributed by atoms with Crippen LogP contribution in [0.5, 0.6) is 0 Å². The SMILES string of the molecule is CCCCCC/C=C\COC(=O)CCCN(CCCC(=O)OC(CCCCCCC)CCCCCCCC)C(=O)SCCCCCCCC(CCCCCC)OC(=O)CCCN(CCCC(=O)OC/C=C\CCCCCC)C(=O)SCCN(C)C. The van der Waals surface area contributed by atoms with Gasteiger partial charge in [-0.2, -0.15) is 0 Å². The third-order valence-corrected chi connectivity index (χ3v) is 17.3. The molecule has 0 aromatic rings. The van der Waals surface area contributed by atoms with E-state index in [1.165, 1.54) is 120 Å². The zero-order chi connectivity index (χ0) is 62.5. The molecule has 0 fully saturated rings. The highest BCUT2D eigenvalue weighted by molar-refractivity contribution is 8.13. The van der Waals surface area contributed by atoms with Crippen LogP contribution >= 0.6 is 23.5 Å². The fourth-order valence-corrected chi connectivity index (χ4v) is 11.9. The molecule has 0 aromatic carbocycles. The fraction of sp³-hybridized carbons (Fsp3) is 0.857. The van der Waals surface area contributed by atoms with Gasteiger partial charge in [-0.1, -0.05) is 217 Å². The number of thioether (sulfide) groups is 2. The van der Waals surface area contributed by atoms with E-state index < -0.39 is 0 Å². The maximum absolute atomic E-state index is 13.7. The smallest absolute Gasteiger partial charge is 0.306 e. The van der Waals surface area contributed by atoms with Gasteiger partial charge in [0.15, 0.2) is 0 Å². The molecular weight excluding hydrogens is 1110 g/mol. The summed E-state index contributed by atoms with van der Waals surface area (Å²) in [5.74, 6) is 0.423. The van der Waals surface area contributed by atoms with Crippen molar-refractivity contribution in [1.82, 2.24) is 14.7 Å². The number of carbonyl (C=O) groups is 6. The zero-order valence-corrected chi connectivity index (χ0v) is 57.4. The lowest BCUT2D eigenvalue weighted by Crippen LogP contribution is -2.31. The summed E-state index contributed by atoms with van der Waals surface area (Å²) in [5, 5.41) is -0.0550. The minimum atomic E-state index is -0.268. The minimum Gasteiger partial charge on any atom is -0.462 e. The van der Waals surface area contributed by atoms with Gasteiger partial charge in [0.1, 0.15) is 25.4 Å². The number of amides is 2. The number of carbonyl (C=O) groups excluding carboxylic acids is 6. The van der Waals surface area contributed by atoms with Crippen LogP contribution in [0.2, 0.25) is 0 Å². The van der Waals surface area contributed by atoms with Crippen molar-refractivity contribution in [3.05, 3.63) is 24.3 Å². The summed E-state index contributed by atoms with van der Waals surface area (Å²) in [6, 6.07) is 0. The summed E-state index contributed by atoms with van der Waals surface area (Å²) < 4.78 is 23.1. The van der Waals surface area contributed by atoms with Gasteiger partial charge in [-0.3, -0.25) is 28.8 Å². The summed E-state index contributed by atoms with van der Waals surface area (Å²) in [7, 11) is 3.96. The van der Waals surface area contributed by atoms with Crippen molar-refractivity contribution in [2.75, 3.05) is 71.5 Å². The Hall–Kier alpha value is -3.04. The second-order valence-electron chi connectivity index (χ2n) is 23.8. The highest BCUT2D eigenvalue weighted by atomic mass is 32.2. The van der Waals surface area contributed by atoms with E-state index in [-0.39, 0.29) is 85.5 Å². The minimum absolute atomic E-state index is 0.0177. The van der Waals surface area contributed by atoms with Crippen molar-refractivity contribution in [2.45, 2.75) is 317 Å². The molecule has 15 heteroatoms. The summed E-state index contributed by atoms with van der Waals surface area (Å²) in [5.41, 5.74) is 0. The van der Waals surface area contributed by atoms with Crippen LogP contribution in [0.15, 0.2) is 24.3 Å². The quantitative estimate of drug-likeness (QED) is 0.0246. The van der Waals surface area contributed by atoms with Gasteiger partial charge in [-0.05, 0) is 123 Å². The first-order valence-electron chi connectivity index (χ1n) is 34.9. The van der Waals surface area contributed by atoms with Crippen LogP contribution in [0.3, 0.4) is 0 Å². The van der Waals surface area contributed by atoms with Gasteiger partial charge in [0.2, 0.25) is 0 Å². The molecule has 2 atom stereocenters. The van der Waals surface area contributed by atoms with E-state index in [1.807, 2.05) is 36.0 Å². The van der Waals surface area contributed by atoms with Gasteiger partial charge < -0.3 is 33.6 Å². The van der Waals surface area contributed by atoms with Gasteiger partial charge in [-0.25, -0.2) is 0 Å². The normalized spacial score (nSPS) is 12.3. The van der Waals surface area contributed by atoms with Crippen LogP contribution < -0.4 is 0 Å². The Morgan fingerprint density at radius 2 is 0.647 bits per heavy atom. The summed E-state index contributed by atoms with van der Waals surface area (Å²) in [4.78, 5) is 84.4. The van der Waals surface area contributed by atoms with E-state index in [2.05, 4.69) is 46.8 Å². The van der Waals surface area contributed by atoms with Crippen molar-refractivity contribution in [3.63, 3.8) is 0 Å². The number of rotatable bonds is 61.